The normalized spacial score (nSPS) is 26.8. The van der Waals surface area contributed by atoms with Gasteiger partial charge in [0, 0.05) is 0 Å². The van der Waals surface area contributed by atoms with Crippen LogP contribution >= 0.6 is 0 Å². The molecule has 0 aromatic heterocycles. The third-order valence-electron chi connectivity index (χ3n) is 6.71. The van der Waals surface area contributed by atoms with Crippen molar-refractivity contribution in [2.24, 2.45) is 11.8 Å². The Kier molecular flexibility index (Phi) is 5.52. The quantitative estimate of drug-likeness (QED) is 0.712. The summed E-state index contributed by atoms with van der Waals surface area (Å²) in [5, 5.41) is 0. The van der Waals surface area contributed by atoms with E-state index in [0.29, 0.717) is 37.7 Å². The Morgan fingerprint density at radius 1 is 1.00 bits per heavy atom. The van der Waals surface area contributed by atoms with Crippen molar-refractivity contribution in [3.63, 3.8) is 0 Å². The second kappa shape index (κ2) is 7.81. The summed E-state index contributed by atoms with van der Waals surface area (Å²) < 4.78 is 27.7. The molecule has 1 aromatic carbocycles. The van der Waals surface area contributed by atoms with Crippen LogP contribution in [-0.2, 0) is 19.6 Å². The minimum Gasteiger partial charge on any atom is -0.315 e. The van der Waals surface area contributed by atoms with Crippen LogP contribution in [0.1, 0.15) is 36.8 Å². The number of fused-ring (bicyclic) bond motifs is 1. The number of nitrogens with one attached hydrogen (secondary N) is 1. The van der Waals surface area contributed by atoms with E-state index in [2.05, 4.69) is 0 Å². The number of hydrogen-bond donors (Lipinski definition) is 1. The van der Waals surface area contributed by atoms with Crippen LogP contribution < -0.4 is 4.90 Å². The van der Waals surface area contributed by atoms with Gasteiger partial charge in [0.05, 0.1) is 42.9 Å². The van der Waals surface area contributed by atoms with Crippen LogP contribution in [0.3, 0.4) is 0 Å². The van der Waals surface area contributed by atoms with Crippen LogP contribution in [0.4, 0.5) is 0 Å². The molecule has 4 rings (SSSR count). The van der Waals surface area contributed by atoms with Gasteiger partial charge in [-0.1, -0.05) is 25.0 Å². The monoisotopic (exact) mass is 420 g/mol. The molecular formula is C21H30N3O4S+. The Balaban J connectivity index is 1.40. The largest absolute Gasteiger partial charge is 0.315 e. The molecule has 0 bridgehead atoms. The lowest BCUT2D eigenvalue weighted by Gasteiger charge is -2.33. The lowest BCUT2D eigenvalue weighted by atomic mass is 9.81. The standard InChI is InChI=1S/C21H29N3O4S/c1-15-7-8-16(2)19(13-15)29(27,28)23-11-9-22(10-12-23)14-24-20(25)17-5-3-4-6-18(17)21(24)26/h7-8,13,17-18H,3-6,9-12,14H2,1-2H3/p+1/t17-,18+. The fourth-order valence-corrected chi connectivity index (χ4v) is 6.69. The van der Waals surface area contributed by atoms with E-state index in [0.717, 1.165) is 41.7 Å². The highest BCUT2D eigenvalue weighted by atomic mass is 32.2. The van der Waals surface area contributed by atoms with Gasteiger partial charge in [0.25, 0.3) is 0 Å². The number of benzene rings is 1. The Morgan fingerprint density at radius 3 is 2.17 bits per heavy atom. The fraction of sp³-hybridized carbons (Fsp3) is 0.619. The third-order valence-corrected chi connectivity index (χ3v) is 8.75. The number of likely N-dealkylation sites (tertiary alicyclic amines) is 1. The molecule has 29 heavy (non-hydrogen) atoms. The predicted octanol–water partition coefficient (Wildman–Crippen LogP) is 0.325. The summed E-state index contributed by atoms with van der Waals surface area (Å²) in [7, 11) is -3.53. The molecule has 0 spiro atoms. The van der Waals surface area contributed by atoms with Crippen molar-refractivity contribution in [1.82, 2.24) is 9.21 Å². The topological polar surface area (TPSA) is 79.2 Å². The number of rotatable bonds is 4. The van der Waals surface area contributed by atoms with Gasteiger partial charge < -0.3 is 4.90 Å². The second-order valence-corrected chi connectivity index (χ2v) is 10.6. The first-order chi connectivity index (χ1) is 13.8. The molecule has 0 unspecified atom stereocenters. The Morgan fingerprint density at radius 2 is 1.59 bits per heavy atom. The second-order valence-electron chi connectivity index (χ2n) is 8.68. The number of nitrogens with zero attached hydrogens (tertiary/aromatic N) is 2. The molecular weight excluding hydrogens is 390 g/mol. The van der Waals surface area contributed by atoms with Crippen molar-refractivity contribution in [1.29, 1.82) is 0 Å². The lowest BCUT2D eigenvalue weighted by molar-refractivity contribution is -0.910. The van der Waals surface area contributed by atoms with Gasteiger partial charge in [-0.15, -0.1) is 0 Å². The Hall–Kier alpha value is -1.77. The molecule has 2 amide bonds. The Labute approximate surface area is 172 Å². The number of aryl methyl sites for hydroxylation is 2. The maximum absolute atomic E-state index is 13.1. The van der Waals surface area contributed by atoms with Gasteiger partial charge in [-0.05, 0) is 43.9 Å². The van der Waals surface area contributed by atoms with E-state index >= 15 is 0 Å². The van der Waals surface area contributed by atoms with Gasteiger partial charge >= 0.3 is 0 Å². The van der Waals surface area contributed by atoms with Crippen molar-refractivity contribution in [3.05, 3.63) is 29.3 Å². The molecule has 1 N–H and O–H groups in total. The van der Waals surface area contributed by atoms with Gasteiger partial charge in [0.2, 0.25) is 21.8 Å². The van der Waals surface area contributed by atoms with Crippen molar-refractivity contribution in [3.8, 4) is 0 Å². The van der Waals surface area contributed by atoms with E-state index in [9.17, 15) is 18.0 Å². The number of imide groups is 1. The van der Waals surface area contributed by atoms with E-state index < -0.39 is 10.0 Å². The molecule has 1 aromatic rings. The first kappa shape index (κ1) is 20.5. The molecule has 0 radical (unpaired) electrons. The van der Waals surface area contributed by atoms with Crippen LogP contribution in [0.5, 0.6) is 0 Å². The molecule has 158 valence electrons. The number of sulfonamides is 1. The van der Waals surface area contributed by atoms with Crippen LogP contribution in [0, 0.1) is 25.7 Å². The van der Waals surface area contributed by atoms with Crippen LogP contribution in [0.15, 0.2) is 23.1 Å². The fourth-order valence-electron chi connectivity index (χ4n) is 4.94. The number of amides is 2. The molecule has 3 aliphatic rings. The number of carbonyl (C=O) groups is 2. The van der Waals surface area contributed by atoms with Gasteiger partial charge in [0.1, 0.15) is 0 Å². The number of carbonyl (C=O) groups excluding carboxylic acids is 2. The molecule has 2 aliphatic heterocycles. The average Bonchev–Trinajstić information content (AvgIpc) is 2.95. The minimum atomic E-state index is -3.53. The van der Waals surface area contributed by atoms with E-state index in [4.69, 9.17) is 0 Å². The van der Waals surface area contributed by atoms with Crippen LogP contribution in [0.2, 0.25) is 0 Å². The summed E-state index contributed by atoms with van der Waals surface area (Å²) in [6.45, 7) is 6.05. The zero-order chi connectivity index (χ0) is 20.8. The molecule has 1 aliphatic carbocycles. The van der Waals surface area contributed by atoms with E-state index in [1.54, 1.807) is 6.07 Å². The van der Waals surface area contributed by atoms with Gasteiger partial charge in [0.15, 0.2) is 6.67 Å². The highest BCUT2D eigenvalue weighted by Crippen LogP contribution is 2.37. The molecule has 3 fully saturated rings. The predicted molar refractivity (Wildman–Crippen MR) is 108 cm³/mol. The molecule has 8 heteroatoms. The first-order valence-electron chi connectivity index (χ1n) is 10.6. The number of piperazine rings is 1. The summed E-state index contributed by atoms with van der Waals surface area (Å²) in [6, 6.07) is 5.49. The zero-order valence-electron chi connectivity index (χ0n) is 17.2. The molecule has 1 saturated carbocycles. The van der Waals surface area contributed by atoms with Crippen LogP contribution in [-0.4, -0.2) is 62.3 Å². The summed E-state index contributed by atoms with van der Waals surface area (Å²) in [6.07, 6.45) is 3.69. The van der Waals surface area contributed by atoms with Crippen molar-refractivity contribution < 1.29 is 22.9 Å². The zero-order valence-corrected chi connectivity index (χ0v) is 18.0. The van der Waals surface area contributed by atoms with Crippen LogP contribution in [0.25, 0.3) is 0 Å². The average molecular weight is 421 g/mol. The lowest BCUT2D eigenvalue weighted by Crippen LogP contribution is -3.16. The van der Waals surface area contributed by atoms with Crippen molar-refractivity contribution >= 4 is 21.8 Å². The molecule has 2 heterocycles. The molecule has 2 atom stereocenters. The summed E-state index contributed by atoms with van der Waals surface area (Å²) >= 11 is 0. The minimum absolute atomic E-state index is 0.0161. The summed E-state index contributed by atoms with van der Waals surface area (Å²) in [4.78, 5) is 28.3. The van der Waals surface area contributed by atoms with Gasteiger partial charge in [-0.25, -0.2) is 13.3 Å². The third kappa shape index (κ3) is 3.73. The first-order valence-corrected chi connectivity index (χ1v) is 12.0. The SMILES string of the molecule is Cc1ccc(C)c(S(=O)(=O)N2CC[NH+](CN3C(=O)[C@H]4CCCC[C@H]4C3=O)CC2)c1. The highest BCUT2D eigenvalue weighted by Gasteiger charge is 2.49. The van der Waals surface area contributed by atoms with E-state index in [-0.39, 0.29) is 23.7 Å². The number of hydrogen-bond acceptors (Lipinski definition) is 4. The van der Waals surface area contributed by atoms with Gasteiger partial charge in [-0.2, -0.15) is 4.31 Å². The van der Waals surface area contributed by atoms with Gasteiger partial charge in [-0.3, -0.25) is 9.59 Å². The summed E-state index contributed by atoms with van der Waals surface area (Å²) in [5.41, 5.74) is 1.67. The Bertz CT molecular complexity index is 898. The number of quaternary nitrogens is 1. The van der Waals surface area contributed by atoms with E-state index in [1.165, 1.54) is 9.21 Å². The smallest absolute Gasteiger partial charge is 0.243 e. The highest BCUT2D eigenvalue weighted by molar-refractivity contribution is 7.89. The summed E-state index contributed by atoms with van der Waals surface area (Å²) in [5.74, 6) is -0.279. The van der Waals surface area contributed by atoms with E-state index in [1.807, 2.05) is 26.0 Å². The molecule has 2 saturated heterocycles. The maximum atomic E-state index is 13.1. The van der Waals surface area contributed by atoms with Crippen molar-refractivity contribution in [2.45, 2.75) is 44.4 Å². The molecule has 7 nitrogen and oxygen atoms in total. The van der Waals surface area contributed by atoms with Crippen molar-refractivity contribution in [2.75, 3.05) is 32.8 Å². The maximum Gasteiger partial charge on any atom is 0.243 e.